The van der Waals surface area contributed by atoms with Crippen LogP contribution < -0.4 is 10.9 Å². The van der Waals surface area contributed by atoms with Gasteiger partial charge in [0.2, 0.25) is 10.0 Å². The zero-order valence-electron chi connectivity index (χ0n) is 7.73. The predicted octanol–water partition coefficient (Wildman–Crippen LogP) is 1.03. The smallest absolute Gasteiger partial charge is 0.240 e. The Kier molecular flexibility index (Phi) is 3.41. The van der Waals surface area contributed by atoms with Crippen molar-refractivity contribution in [1.82, 2.24) is 0 Å². The molecule has 0 aliphatic heterocycles. The Hall–Kier alpha value is -0.720. The zero-order chi connectivity index (χ0) is 10.8. The maximum Gasteiger partial charge on any atom is 0.240 e. The molecule has 1 aromatic carbocycles. The molecule has 1 aromatic rings. The first-order valence-electron chi connectivity index (χ1n) is 4.00. The Balaban J connectivity index is 3.15. The molecule has 0 saturated heterocycles. The third kappa shape index (κ3) is 2.63. The van der Waals surface area contributed by atoms with Crippen LogP contribution in [0.5, 0.6) is 0 Å². The Morgan fingerprint density at radius 2 is 2.07 bits per heavy atom. The van der Waals surface area contributed by atoms with Crippen LogP contribution in [-0.2, 0) is 10.0 Å². The lowest BCUT2D eigenvalue weighted by Gasteiger charge is -2.05. The number of sulfonamides is 1. The Bertz CT molecular complexity index is 429. The van der Waals surface area contributed by atoms with Crippen LogP contribution in [0.4, 0.5) is 5.69 Å². The van der Waals surface area contributed by atoms with Crippen LogP contribution in [0.1, 0.15) is 6.92 Å². The van der Waals surface area contributed by atoms with Gasteiger partial charge >= 0.3 is 0 Å². The molecule has 4 nitrogen and oxygen atoms in total. The first-order chi connectivity index (χ1) is 6.45. The normalized spacial score (nSPS) is 11.6. The number of benzene rings is 1. The summed E-state index contributed by atoms with van der Waals surface area (Å²) in [6.45, 7) is 2.01. The molecule has 14 heavy (non-hydrogen) atoms. The van der Waals surface area contributed by atoms with Gasteiger partial charge in [-0.1, -0.05) is 6.92 Å². The van der Waals surface area contributed by atoms with E-state index in [1.807, 2.05) is 6.92 Å². The van der Waals surface area contributed by atoms with Crippen LogP contribution >= 0.6 is 11.8 Å². The largest absolute Gasteiger partial charge is 0.398 e. The quantitative estimate of drug-likeness (QED) is 0.602. The molecular weight excluding hydrogens is 220 g/mol. The van der Waals surface area contributed by atoms with E-state index in [1.165, 1.54) is 6.07 Å². The minimum absolute atomic E-state index is 0.0158. The molecule has 0 bridgehead atoms. The van der Waals surface area contributed by atoms with Crippen molar-refractivity contribution in [3.05, 3.63) is 18.2 Å². The number of thioether (sulfide) groups is 1. The molecule has 0 amide bonds. The monoisotopic (exact) mass is 232 g/mol. The molecule has 0 fully saturated rings. The first-order valence-corrected chi connectivity index (χ1v) is 6.53. The van der Waals surface area contributed by atoms with Crippen molar-refractivity contribution in [3.8, 4) is 0 Å². The fourth-order valence-corrected chi connectivity index (χ4v) is 2.40. The van der Waals surface area contributed by atoms with Gasteiger partial charge in [-0.05, 0) is 24.0 Å². The molecular formula is C8H12N2O2S2. The maximum atomic E-state index is 11.0. The van der Waals surface area contributed by atoms with Crippen molar-refractivity contribution in [1.29, 1.82) is 0 Å². The average Bonchev–Trinajstić information content (AvgIpc) is 2.02. The molecule has 0 aromatic heterocycles. The van der Waals surface area contributed by atoms with E-state index in [-0.39, 0.29) is 10.6 Å². The van der Waals surface area contributed by atoms with Crippen LogP contribution in [0.25, 0.3) is 0 Å². The predicted molar refractivity (Wildman–Crippen MR) is 58.6 cm³/mol. The summed E-state index contributed by atoms with van der Waals surface area (Å²) < 4.78 is 22.0. The van der Waals surface area contributed by atoms with E-state index in [1.54, 1.807) is 23.9 Å². The van der Waals surface area contributed by atoms with Gasteiger partial charge in [0.25, 0.3) is 0 Å². The van der Waals surface area contributed by atoms with E-state index in [4.69, 9.17) is 10.9 Å². The van der Waals surface area contributed by atoms with Gasteiger partial charge in [0.15, 0.2) is 0 Å². The van der Waals surface area contributed by atoms with Gasteiger partial charge in [-0.3, -0.25) is 0 Å². The molecule has 1 rings (SSSR count). The number of nitrogen functional groups attached to an aromatic ring is 1. The molecule has 0 unspecified atom stereocenters. The van der Waals surface area contributed by atoms with Crippen molar-refractivity contribution < 1.29 is 8.42 Å². The molecule has 0 saturated carbocycles. The van der Waals surface area contributed by atoms with Crippen LogP contribution in [0, 0.1) is 0 Å². The standard InChI is InChI=1S/C8H12N2O2S2/c1-2-13-6-3-4-8(7(9)5-6)14(10,11)12/h3-5H,2,9H2,1H3,(H2,10,11,12). The summed E-state index contributed by atoms with van der Waals surface area (Å²) in [6, 6.07) is 4.75. The number of hydrogen-bond donors (Lipinski definition) is 2. The maximum absolute atomic E-state index is 11.0. The van der Waals surface area contributed by atoms with Crippen LogP contribution in [0.2, 0.25) is 0 Å². The molecule has 0 aliphatic carbocycles. The van der Waals surface area contributed by atoms with Gasteiger partial charge in [-0.25, -0.2) is 13.6 Å². The Morgan fingerprint density at radius 1 is 1.43 bits per heavy atom. The minimum atomic E-state index is -3.70. The second-order valence-electron chi connectivity index (χ2n) is 2.68. The molecule has 6 heteroatoms. The van der Waals surface area contributed by atoms with E-state index in [9.17, 15) is 8.42 Å². The summed E-state index contributed by atoms with van der Waals surface area (Å²) in [4.78, 5) is 0.926. The highest BCUT2D eigenvalue weighted by atomic mass is 32.2. The Labute approximate surface area is 87.7 Å². The number of anilines is 1. The van der Waals surface area contributed by atoms with Crippen molar-refractivity contribution >= 4 is 27.5 Å². The van der Waals surface area contributed by atoms with E-state index in [0.717, 1.165) is 10.6 Å². The van der Waals surface area contributed by atoms with Crippen molar-refractivity contribution in [3.63, 3.8) is 0 Å². The van der Waals surface area contributed by atoms with Gasteiger partial charge < -0.3 is 5.73 Å². The molecule has 0 radical (unpaired) electrons. The van der Waals surface area contributed by atoms with E-state index >= 15 is 0 Å². The minimum Gasteiger partial charge on any atom is -0.398 e. The summed E-state index contributed by atoms with van der Waals surface area (Å²) in [5, 5.41) is 4.97. The van der Waals surface area contributed by atoms with Crippen LogP contribution in [-0.4, -0.2) is 14.2 Å². The van der Waals surface area contributed by atoms with Crippen LogP contribution in [0.3, 0.4) is 0 Å². The van der Waals surface area contributed by atoms with Crippen LogP contribution in [0.15, 0.2) is 28.0 Å². The average molecular weight is 232 g/mol. The van der Waals surface area contributed by atoms with Crippen molar-refractivity contribution in [2.75, 3.05) is 11.5 Å². The molecule has 78 valence electrons. The lowest BCUT2D eigenvalue weighted by atomic mass is 10.3. The van der Waals surface area contributed by atoms with Gasteiger partial charge in [0.1, 0.15) is 4.90 Å². The molecule has 0 heterocycles. The van der Waals surface area contributed by atoms with E-state index in [0.29, 0.717) is 0 Å². The van der Waals surface area contributed by atoms with E-state index < -0.39 is 10.0 Å². The lowest BCUT2D eigenvalue weighted by molar-refractivity contribution is 0.598. The first kappa shape index (κ1) is 11.4. The van der Waals surface area contributed by atoms with Gasteiger partial charge in [-0.15, -0.1) is 11.8 Å². The summed E-state index contributed by atoms with van der Waals surface area (Å²) in [7, 11) is -3.70. The summed E-state index contributed by atoms with van der Waals surface area (Å²) in [5.41, 5.74) is 5.77. The van der Waals surface area contributed by atoms with Gasteiger partial charge in [-0.2, -0.15) is 0 Å². The van der Waals surface area contributed by atoms with Crippen molar-refractivity contribution in [2.45, 2.75) is 16.7 Å². The number of rotatable bonds is 3. The zero-order valence-corrected chi connectivity index (χ0v) is 9.36. The third-order valence-electron chi connectivity index (χ3n) is 1.60. The second-order valence-corrected chi connectivity index (χ2v) is 5.54. The number of hydrogen-bond acceptors (Lipinski definition) is 4. The lowest BCUT2D eigenvalue weighted by Crippen LogP contribution is -2.14. The SMILES string of the molecule is CCSc1ccc(S(N)(=O)=O)c(N)c1. The third-order valence-corrected chi connectivity index (χ3v) is 3.46. The summed E-state index contributed by atoms with van der Waals surface area (Å²) in [5.74, 6) is 0.911. The van der Waals surface area contributed by atoms with Gasteiger partial charge in [0.05, 0.1) is 5.69 Å². The fourth-order valence-electron chi connectivity index (χ4n) is 1.04. The van der Waals surface area contributed by atoms with E-state index in [2.05, 4.69) is 0 Å². The highest BCUT2D eigenvalue weighted by Crippen LogP contribution is 2.24. The number of nitrogens with two attached hydrogens (primary N) is 2. The molecule has 4 N–H and O–H groups in total. The van der Waals surface area contributed by atoms with Crippen molar-refractivity contribution in [2.24, 2.45) is 5.14 Å². The molecule has 0 atom stereocenters. The fraction of sp³-hybridized carbons (Fsp3) is 0.250. The summed E-state index contributed by atoms with van der Waals surface area (Å²) in [6.07, 6.45) is 0. The topological polar surface area (TPSA) is 86.2 Å². The molecule has 0 aliphatic rings. The number of primary sulfonamides is 1. The van der Waals surface area contributed by atoms with Gasteiger partial charge in [0, 0.05) is 4.90 Å². The second kappa shape index (κ2) is 4.20. The highest BCUT2D eigenvalue weighted by Gasteiger charge is 2.11. The summed E-state index contributed by atoms with van der Waals surface area (Å²) >= 11 is 1.59. The highest BCUT2D eigenvalue weighted by molar-refractivity contribution is 7.99. The Morgan fingerprint density at radius 3 is 2.50 bits per heavy atom. The molecule has 0 spiro atoms.